The molecule has 94 valence electrons. The minimum Gasteiger partial charge on any atom is -0.494 e. The smallest absolute Gasteiger partial charge is 0.119 e. The van der Waals surface area contributed by atoms with Crippen LogP contribution in [0.3, 0.4) is 0 Å². The van der Waals surface area contributed by atoms with Gasteiger partial charge < -0.3 is 10.5 Å². The average Bonchev–Trinajstić information content (AvgIpc) is 3.09. The molecule has 1 saturated carbocycles. The molecule has 2 nitrogen and oxygen atoms in total. The van der Waals surface area contributed by atoms with Crippen molar-refractivity contribution in [1.29, 1.82) is 0 Å². The van der Waals surface area contributed by atoms with E-state index in [1.807, 2.05) is 12.1 Å². The van der Waals surface area contributed by atoms with Gasteiger partial charge in [0.05, 0.1) is 6.61 Å². The zero-order valence-electron chi connectivity index (χ0n) is 10.9. The molecule has 0 aromatic heterocycles. The van der Waals surface area contributed by atoms with Gasteiger partial charge in [0.1, 0.15) is 5.75 Å². The van der Waals surface area contributed by atoms with Crippen molar-refractivity contribution in [1.82, 2.24) is 0 Å². The molecule has 0 heterocycles. The minimum absolute atomic E-state index is 0.173. The van der Waals surface area contributed by atoms with E-state index in [1.54, 1.807) is 0 Å². The molecule has 1 aromatic carbocycles. The number of benzene rings is 1. The predicted molar refractivity (Wildman–Crippen MR) is 71.1 cm³/mol. The first-order valence-corrected chi connectivity index (χ1v) is 6.64. The number of nitrogens with two attached hydrogens (primary N) is 1. The van der Waals surface area contributed by atoms with Crippen LogP contribution >= 0.6 is 0 Å². The highest BCUT2D eigenvalue weighted by Crippen LogP contribution is 2.53. The van der Waals surface area contributed by atoms with Gasteiger partial charge in [0.2, 0.25) is 0 Å². The Labute approximate surface area is 104 Å². The molecule has 0 bridgehead atoms. The molecule has 0 aliphatic heterocycles. The van der Waals surface area contributed by atoms with Crippen molar-refractivity contribution < 1.29 is 4.74 Å². The van der Waals surface area contributed by atoms with Crippen LogP contribution in [-0.2, 0) is 0 Å². The Hall–Kier alpha value is -1.02. The minimum atomic E-state index is 0.173. The maximum atomic E-state index is 6.27. The van der Waals surface area contributed by atoms with Crippen molar-refractivity contribution in [2.24, 2.45) is 11.1 Å². The average molecular weight is 233 g/mol. The van der Waals surface area contributed by atoms with E-state index >= 15 is 0 Å². The Morgan fingerprint density at radius 1 is 1.29 bits per heavy atom. The van der Waals surface area contributed by atoms with Gasteiger partial charge in [0, 0.05) is 6.04 Å². The van der Waals surface area contributed by atoms with E-state index in [2.05, 4.69) is 26.0 Å². The van der Waals surface area contributed by atoms with Gasteiger partial charge in [-0.25, -0.2) is 0 Å². The van der Waals surface area contributed by atoms with Gasteiger partial charge in [-0.05, 0) is 42.4 Å². The summed E-state index contributed by atoms with van der Waals surface area (Å²) in [5.41, 5.74) is 7.83. The Morgan fingerprint density at radius 2 is 1.94 bits per heavy atom. The number of unbranched alkanes of at least 4 members (excludes halogenated alkanes) is 1. The second kappa shape index (κ2) is 5.09. The Bertz CT molecular complexity index is 354. The van der Waals surface area contributed by atoms with Gasteiger partial charge in [-0.2, -0.15) is 0 Å². The quantitative estimate of drug-likeness (QED) is 0.761. The summed E-state index contributed by atoms with van der Waals surface area (Å²) < 4.78 is 5.64. The van der Waals surface area contributed by atoms with Crippen LogP contribution in [-0.4, -0.2) is 6.61 Å². The Kier molecular flexibility index (Phi) is 3.72. The van der Waals surface area contributed by atoms with Gasteiger partial charge in [-0.15, -0.1) is 0 Å². The highest BCUT2D eigenvalue weighted by atomic mass is 16.5. The third kappa shape index (κ3) is 3.01. The van der Waals surface area contributed by atoms with Crippen molar-refractivity contribution in [3.63, 3.8) is 0 Å². The number of ether oxygens (including phenoxy) is 1. The van der Waals surface area contributed by atoms with Crippen LogP contribution in [0.5, 0.6) is 5.75 Å². The Morgan fingerprint density at radius 3 is 2.47 bits per heavy atom. The molecule has 1 aliphatic carbocycles. The van der Waals surface area contributed by atoms with E-state index < -0.39 is 0 Å². The summed E-state index contributed by atoms with van der Waals surface area (Å²) in [4.78, 5) is 0. The van der Waals surface area contributed by atoms with E-state index in [9.17, 15) is 0 Å². The number of hydrogen-bond donors (Lipinski definition) is 1. The summed E-state index contributed by atoms with van der Waals surface area (Å²) in [7, 11) is 0. The van der Waals surface area contributed by atoms with Crippen molar-refractivity contribution in [3.05, 3.63) is 29.8 Å². The summed E-state index contributed by atoms with van der Waals surface area (Å²) in [5.74, 6) is 0.954. The molecule has 2 heteroatoms. The van der Waals surface area contributed by atoms with E-state index in [0.717, 1.165) is 18.8 Å². The van der Waals surface area contributed by atoms with E-state index in [4.69, 9.17) is 10.5 Å². The van der Waals surface area contributed by atoms with Gasteiger partial charge in [0.15, 0.2) is 0 Å². The van der Waals surface area contributed by atoms with Crippen LogP contribution in [0.1, 0.15) is 51.1 Å². The Balaban J connectivity index is 1.93. The normalized spacial score (nSPS) is 18.8. The molecular weight excluding hydrogens is 210 g/mol. The maximum Gasteiger partial charge on any atom is 0.119 e. The molecule has 2 rings (SSSR count). The lowest BCUT2D eigenvalue weighted by molar-refractivity contribution is 0.309. The molecule has 0 radical (unpaired) electrons. The first-order valence-electron chi connectivity index (χ1n) is 6.64. The molecule has 0 spiro atoms. The first-order chi connectivity index (χ1) is 8.15. The van der Waals surface area contributed by atoms with Gasteiger partial charge in [-0.3, -0.25) is 0 Å². The van der Waals surface area contributed by atoms with Crippen molar-refractivity contribution in [2.45, 2.75) is 45.6 Å². The van der Waals surface area contributed by atoms with E-state index in [0.29, 0.717) is 5.41 Å². The predicted octanol–water partition coefficient (Wildman–Crippen LogP) is 3.67. The summed E-state index contributed by atoms with van der Waals surface area (Å²) >= 11 is 0. The van der Waals surface area contributed by atoms with Crippen LogP contribution in [0.4, 0.5) is 0 Å². The van der Waals surface area contributed by atoms with Crippen molar-refractivity contribution in [3.8, 4) is 5.75 Å². The standard InChI is InChI=1S/C15H23NO/c1-3-4-11-17-13-7-5-12(6-8-13)14(16)15(2)9-10-15/h5-8,14H,3-4,9-11,16H2,1-2H3. The van der Waals surface area contributed by atoms with Crippen molar-refractivity contribution in [2.75, 3.05) is 6.61 Å². The van der Waals surface area contributed by atoms with Gasteiger partial charge in [0.25, 0.3) is 0 Å². The van der Waals surface area contributed by atoms with E-state index in [-0.39, 0.29) is 6.04 Å². The fourth-order valence-electron chi connectivity index (χ4n) is 2.02. The zero-order valence-corrected chi connectivity index (χ0v) is 10.9. The maximum absolute atomic E-state index is 6.27. The topological polar surface area (TPSA) is 35.2 Å². The van der Waals surface area contributed by atoms with Gasteiger partial charge in [-0.1, -0.05) is 32.4 Å². The molecule has 1 fully saturated rings. The molecule has 1 aliphatic rings. The van der Waals surface area contributed by atoms with Crippen LogP contribution in [0, 0.1) is 5.41 Å². The number of rotatable bonds is 6. The van der Waals surface area contributed by atoms with E-state index in [1.165, 1.54) is 24.8 Å². The monoisotopic (exact) mass is 233 g/mol. The molecule has 2 N–H and O–H groups in total. The number of hydrogen-bond acceptors (Lipinski definition) is 2. The molecular formula is C15H23NO. The van der Waals surface area contributed by atoms with Crippen LogP contribution in [0.15, 0.2) is 24.3 Å². The fraction of sp³-hybridized carbons (Fsp3) is 0.600. The van der Waals surface area contributed by atoms with Crippen LogP contribution < -0.4 is 10.5 Å². The first kappa shape index (κ1) is 12.4. The molecule has 1 aromatic rings. The molecule has 1 unspecified atom stereocenters. The highest BCUT2D eigenvalue weighted by molar-refractivity contribution is 5.30. The zero-order chi connectivity index (χ0) is 12.3. The summed E-state index contributed by atoms with van der Waals surface area (Å²) in [6.45, 7) is 5.24. The summed E-state index contributed by atoms with van der Waals surface area (Å²) in [6.07, 6.45) is 4.78. The lowest BCUT2D eigenvalue weighted by atomic mass is 9.93. The fourth-order valence-corrected chi connectivity index (χ4v) is 2.02. The van der Waals surface area contributed by atoms with Gasteiger partial charge >= 0.3 is 0 Å². The second-order valence-electron chi connectivity index (χ2n) is 5.40. The third-order valence-corrected chi connectivity index (χ3v) is 3.80. The summed E-state index contributed by atoms with van der Waals surface area (Å²) in [6, 6.07) is 8.46. The third-order valence-electron chi connectivity index (χ3n) is 3.80. The molecule has 17 heavy (non-hydrogen) atoms. The second-order valence-corrected chi connectivity index (χ2v) is 5.40. The molecule has 0 saturated heterocycles. The lowest BCUT2D eigenvalue weighted by Gasteiger charge is -2.19. The van der Waals surface area contributed by atoms with Crippen LogP contribution in [0.25, 0.3) is 0 Å². The summed E-state index contributed by atoms with van der Waals surface area (Å²) in [5, 5.41) is 0. The SMILES string of the molecule is CCCCOc1ccc(C(N)C2(C)CC2)cc1. The lowest BCUT2D eigenvalue weighted by Crippen LogP contribution is -2.19. The largest absolute Gasteiger partial charge is 0.494 e. The van der Waals surface area contributed by atoms with Crippen LogP contribution in [0.2, 0.25) is 0 Å². The molecule has 0 amide bonds. The van der Waals surface area contributed by atoms with Crippen molar-refractivity contribution >= 4 is 0 Å². The molecule has 1 atom stereocenters. The highest BCUT2D eigenvalue weighted by Gasteiger charge is 2.43.